The number of aryl methyl sites for hydroxylation is 1. The van der Waals surface area contributed by atoms with Crippen molar-refractivity contribution in [3.8, 4) is 23.0 Å². The number of carbonyl (C=O) groups is 1. The van der Waals surface area contributed by atoms with E-state index in [2.05, 4.69) is 30.6 Å². The van der Waals surface area contributed by atoms with Crippen LogP contribution in [0, 0.1) is 6.92 Å². The second kappa shape index (κ2) is 8.60. The summed E-state index contributed by atoms with van der Waals surface area (Å²) in [5, 5.41) is 13.6. The van der Waals surface area contributed by atoms with E-state index in [1.807, 2.05) is 0 Å². The Hall–Kier alpha value is -3.44. The van der Waals surface area contributed by atoms with Gasteiger partial charge in [-0.15, -0.1) is 5.10 Å². The summed E-state index contributed by atoms with van der Waals surface area (Å²) in [4.78, 5) is 20.6. The van der Waals surface area contributed by atoms with Crippen molar-refractivity contribution < 1.29 is 22.7 Å². The Morgan fingerprint density at radius 1 is 1.28 bits per heavy atom. The third-order valence-corrected chi connectivity index (χ3v) is 4.30. The highest BCUT2D eigenvalue weighted by molar-refractivity contribution is 5.68. The van der Waals surface area contributed by atoms with E-state index in [9.17, 15) is 18.0 Å². The molecule has 3 rings (SSSR count). The molecule has 0 aliphatic carbocycles. The van der Waals surface area contributed by atoms with Crippen LogP contribution in [0.4, 0.5) is 18.0 Å². The number of aromatic nitrogens is 6. The van der Waals surface area contributed by atoms with Crippen LogP contribution in [0.1, 0.15) is 38.8 Å². The minimum Gasteiger partial charge on any atom is -0.444 e. The molecule has 0 radical (unpaired) electrons. The Kier molecular flexibility index (Phi) is 6.24. The highest BCUT2D eigenvalue weighted by atomic mass is 19.4. The summed E-state index contributed by atoms with van der Waals surface area (Å²) in [7, 11) is 0. The molecule has 3 aromatic rings. The largest absolute Gasteiger partial charge is 0.444 e. The van der Waals surface area contributed by atoms with E-state index in [0.29, 0.717) is 22.8 Å². The van der Waals surface area contributed by atoms with E-state index in [0.717, 1.165) is 12.1 Å². The van der Waals surface area contributed by atoms with Crippen molar-refractivity contribution in [2.45, 2.75) is 59.0 Å². The van der Waals surface area contributed by atoms with E-state index in [-0.39, 0.29) is 12.4 Å². The maximum Gasteiger partial charge on any atom is 0.416 e. The summed E-state index contributed by atoms with van der Waals surface area (Å²) in [6.07, 6.45) is -3.74. The molecule has 172 valence electrons. The minimum atomic E-state index is -4.45. The van der Waals surface area contributed by atoms with Gasteiger partial charge in [0.2, 0.25) is 5.82 Å². The van der Waals surface area contributed by atoms with Crippen LogP contribution in [0.2, 0.25) is 0 Å². The quantitative estimate of drug-likeness (QED) is 0.607. The van der Waals surface area contributed by atoms with Crippen LogP contribution < -0.4 is 5.32 Å². The number of H-pyrrole nitrogens is 1. The number of benzene rings is 1. The predicted octanol–water partition coefficient (Wildman–Crippen LogP) is 3.97. The number of alkyl carbamates (subject to hydrolysis) is 1. The fourth-order valence-electron chi connectivity index (χ4n) is 2.99. The van der Waals surface area contributed by atoms with E-state index in [4.69, 9.17) is 4.74 Å². The molecule has 2 N–H and O–H groups in total. The lowest BCUT2D eigenvalue weighted by atomic mass is 10.0. The van der Waals surface area contributed by atoms with Crippen LogP contribution in [0.5, 0.6) is 0 Å². The number of rotatable bonds is 5. The fraction of sp³-hybridized carbons (Fsp3) is 0.450. The van der Waals surface area contributed by atoms with E-state index in [1.54, 1.807) is 34.6 Å². The van der Waals surface area contributed by atoms with Gasteiger partial charge in [-0.25, -0.2) is 19.4 Å². The Bertz CT molecular complexity index is 1090. The second-order valence-corrected chi connectivity index (χ2v) is 8.35. The molecule has 0 aliphatic heterocycles. The molecule has 1 atom stereocenters. The van der Waals surface area contributed by atoms with Gasteiger partial charge in [-0.05, 0) is 52.3 Å². The molecule has 32 heavy (non-hydrogen) atoms. The predicted molar refractivity (Wildman–Crippen MR) is 109 cm³/mol. The molecular weight excluding hydrogens is 427 g/mol. The number of amides is 1. The summed E-state index contributed by atoms with van der Waals surface area (Å²) in [6, 6.07) is 3.00. The molecule has 9 nitrogen and oxygen atoms in total. The summed E-state index contributed by atoms with van der Waals surface area (Å²) < 4.78 is 46.0. The Labute approximate surface area is 182 Å². The topological polar surface area (TPSA) is 111 Å². The van der Waals surface area contributed by atoms with Gasteiger partial charge in [-0.3, -0.25) is 5.10 Å². The van der Waals surface area contributed by atoms with Crippen LogP contribution in [0.25, 0.3) is 23.0 Å². The van der Waals surface area contributed by atoms with Crippen LogP contribution in [0.15, 0.2) is 24.5 Å². The number of nitrogens with zero attached hydrogens (tertiary/aromatic N) is 5. The molecule has 0 fully saturated rings. The molecule has 0 aliphatic rings. The van der Waals surface area contributed by atoms with Crippen molar-refractivity contribution in [2.75, 3.05) is 0 Å². The SMILES string of the molecule is Cc1cc(C(F)(F)F)ccc1-c1nc(-c2ncn[nH]2)nn1CC(C)NC(=O)OC(C)(C)C. The lowest BCUT2D eigenvalue weighted by Gasteiger charge is -2.22. The van der Waals surface area contributed by atoms with Gasteiger partial charge in [0.15, 0.2) is 11.6 Å². The van der Waals surface area contributed by atoms with Crippen LogP contribution in [0.3, 0.4) is 0 Å². The average Bonchev–Trinajstić information content (AvgIpc) is 3.28. The number of hydrogen-bond acceptors (Lipinski definition) is 6. The first kappa shape index (κ1) is 23.2. The molecule has 0 saturated carbocycles. The fourth-order valence-corrected chi connectivity index (χ4v) is 2.99. The highest BCUT2D eigenvalue weighted by Gasteiger charge is 2.31. The number of halogens is 3. The van der Waals surface area contributed by atoms with Gasteiger partial charge in [0.1, 0.15) is 11.9 Å². The van der Waals surface area contributed by atoms with Crippen LogP contribution >= 0.6 is 0 Å². The van der Waals surface area contributed by atoms with Crippen molar-refractivity contribution in [3.05, 3.63) is 35.7 Å². The maximum atomic E-state index is 13.1. The number of ether oxygens (including phenoxy) is 1. The zero-order valence-corrected chi connectivity index (χ0v) is 18.3. The summed E-state index contributed by atoms with van der Waals surface area (Å²) in [5.41, 5.74) is -0.551. The van der Waals surface area contributed by atoms with Crippen molar-refractivity contribution >= 4 is 6.09 Å². The van der Waals surface area contributed by atoms with Crippen LogP contribution in [-0.4, -0.2) is 47.7 Å². The van der Waals surface area contributed by atoms with Gasteiger partial charge in [0.25, 0.3) is 0 Å². The van der Waals surface area contributed by atoms with Gasteiger partial charge in [-0.1, -0.05) is 6.07 Å². The average molecular weight is 451 g/mol. The molecule has 2 heterocycles. The number of hydrogen-bond donors (Lipinski definition) is 2. The van der Waals surface area contributed by atoms with Crippen molar-refractivity contribution in [1.82, 2.24) is 35.3 Å². The van der Waals surface area contributed by atoms with E-state index >= 15 is 0 Å². The molecule has 1 amide bonds. The van der Waals surface area contributed by atoms with Gasteiger partial charge >= 0.3 is 12.3 Å². The monoisotopic (exact) mass is 451 g/mol. The summed E-state index contributed by atoms with van der Waals surface area (Å²) in [5.74, 6) is 0.865. The summed E-state index contributed by atoms with van der Waals surface area (Å²) in [6.45, 7) is 8.77. The second-order valence-electron chi connectivity index (χ2n) is 8.35. The normalized spacial score (nSPS) is 13.1. The third-order valence-electron chi connectivity index (χ3n) is 4.30. The zero-order chi connectivity index (χ0) is 23.7. The van der Waals surface area contributed by atoms with Crippen molar-refractivity contribution in [3.63, 3.8) is 0 Å². The molecular formula is C20H24F3N7O2. The molecule has 12 heteroatoms. The number of alkyl halides is 3. The van der Waals surface area contributed by atoms with Crippen molar-refractivity contribution in [2.24, 2.45) is 0 Å². The molecule has 0 spiro atoms. The van der Waals surface area contributed by atoms with Gasteiger partial charge < -0.3 is 10.1 Å². The highest BCUT2D eigenvalue weighted by Crippen LogP contribution is 2.33. The number of aromatic amines is 1. The lowest BCUT2D eigenvalue weighted by molar-refractivity contribution is -0.137. The molecule has 0 saturated heterocycles. The first-order valence-corrected chi connectivity index (χ1v) is 9.82. The molecule has 1 unspecified atom stereocenters. The lowest BCUT2D eigenvalue weighted by Crippen LogP contribution is -2.39. The summed E-state index contributed by atoms with van der Waals surface area (Å²) >= 11 is 0. The standard InChI is InChI=1S/C20H24F3N7O2/c1-11-8-13(20(21,22)23)6-7-14(11)17-27-16(15-24-10-25-28-15)29-30(17)9-12(2)26-18(31)32-19(3,4)5/h6-8,10,12H,9H2,1-5H3,(H,26,31)(H,24,25,28). The van der Waals surface area contributed by atoms with Gasteiger partial charge in [0.05, 0.1) is 12.1 Å². The van der Waals surface area contributed by atoms with E-state index in [1.165, 1.54) is 17.1 Å². The van der Waals surface area contributed by atoms with Crippen LogP contribution in [-0.2, 0) is 17.5 Å². The zero-order valence-electron chi connectivity index (χ0n) is 18.3. The smallest absolute Gasteiger partial charge is 0.416 e. The Morgan fingerprint density at radius 2 is 2.00 bits per heavy atom. The van der Waals surface area contributed by atoms with E-state index < -0.39 is 29.5 Å². The Morgan fingerprint density at radius 3 is 2.56 bits per heavy atom. The third kappa shape index (κ3) is 5.62. The first-order valence-electron chi connectivity index (χ1n) is 9.82. The maximum absolute atomic E-state index is 13.1. The van der Waals surface area contributed by atoms with Crippen molar-refractivity contribution in [1.29, 1.82) is 0 Å². The molecule has 0 bridgehead atoms. The minimum absolute atomic E-state index is 0.191. The first-order chi connectivity index (χ1) is 14.8. The van der Waals surface area contributed by atoms with Gasteiger partial charge in [0, 0.05) is 11.6 Å². The van der Waals surface area contributed by atoms with Gasteiger partial charge in [-0.2, -0.15) is 18.3 Å². The number of nitrogens with one attached hydrogen (secondary N) is 2. The molecule has 2 aromatic heterocycles. The Balaban J connectivity index is 1.93. The number of carbonyl (C=O) groups excluding carboxylic acids is 1. The molecule has 1 aromatic carbocycles.